The number of nitrogens with two attached hydrogens (primary N) is 1. The lowest BCUT2D eigenvalue weighted by molar-refractivity contribution is 0.0982. The van der Waals surface area contributed by atoms with Crippen LogP contribution in [0.4, 0.5) is 5.69 Å². The van der Waals surface area contributed by atoms with Crippen LogP contribution in [0.15, 0.2) is 24.5 Å². The lowest BCUT2D eigenvalue weighted by Gasteiger charge is -2.31. The fourth-order valence-electron chi connectivity index (χ4n) is 3.27. The van der Waals surface area contributed by atoms with Crippen molar-refractivity contribution < 1.29 is 4.74 Å². The van der Waals surface area contributed by atoms with E-state index in [1.807, 2.05) is 18.2 Å². The summed E-state index contributed by atoms with van der Waals surface area (Å²) >= 11 is 0. The molecule has 4 heteroatoms. The van der Waals surface area contributed by atoms with Crippen LogP contribution in [-0.4, -0.2) is 16.1 Å². The highest BCUT2D eigenvalue weighted by Gasteiger charge is 2.26. The molecular formula is C16H21N3O. The van der Waals surface area contributed by atoms with Gasteiger partial charge < -0.3 is 10.5 Å². The maximum absolute atomic E-state index is 6.16. The van der Waals surface area contributed by atoms with Gasteiger partial charge in [0, 0.05) is 5.69 Å². The zero-order valence-corrected chi connectivity index (χ0v) is 12.0. The Labute approximate surface area is 119 Å². The Morgan fingerprint density at radius 1 is 1.10 bits per heavy atom. The number of hydrogen-bond donors (Lipinski definition) is 1. The Bertz CT molecular complexity index is 604. The molecule has 0 radical (unpaired) electrons. The van der Waals surface area contributed by atoms with Gasteiger partial charge in [-0.15, -0.1) is 0 Å². The topological polar surface area (TPSA) is 61.0 Å². The predicted molar refractivity (Wildman–Crippen MR) is 80.5 cm³/mol. The Balaban J connectivity index is 1.87. The summed E-state index contributed by atoms with van der Waals surface area (Å²) in [6, 6.07) is 5.66. The van der Waals surface area contributed by atoms with Gasteiger partial charge in [-0.25, -0.2) is 9.97 Å². The van der Waals surface area contributed by atoms with E-state index in [1.165, 1.54) is 6.42 Å². The summed E-state index contributed by atoms with van der Waals surface area (Å²) in [7, 11) is 0. The van der Waals surface area contributed by atoms with Gasteiger partial charge in [0.05, 0.1) is 10.9 Å². The number of aromatic nitrogens is 2. The van der Waals surface area contributed by atoms with Crippen molar-refractivity contribution in [1.82, 2.24) is 9.97 Å². The van der Waals surface area contributed by atoms with E-state index in [2.05, 4.69) is 23.8 Å². The van der Waals surface area contributed by atoms with Crippen LogP contribution in [0.2, 0.25) is 0 Å². The molecule has 1 saturated carbocycles. The van der Waals surface area contributed by atoms with Crippen molar-refractivity contribution in [1.29, 1.82) is 0 Å². The van der Waals surface area contributed by atoms with E-state index in [1.54, 1.807) is 6.33 Å². The lowest BCUT2D eigenvalue weighted by atomic mass is 9.82. The van der Waals surface area contributed by atoms with E-state index in [4.69, 9.17) is 10.5 Å². The highest BCUT2D eigenvalue weighted by Crippen LogP contribution is 2.32. The highest BCUT2D eigenvalue weighted by molar-refractivity contribution is 5.85. The summed E-state index contributed by atoms with van der Waals surface area (Å²) in [6.45, 7) is 4.59. The van der Waals surface area contributed by atoms with E-state index in [0.717, 1.165) is 23.7 Å². The Kier molecular flexibility index (Phi) is 3.47. The molecule has 2 unspecified atom stereocenters. The van der Waals surface area contributed by atoms with Gasteiger partial charge in [-0.2, -0.15) is 0 Å². The maximum Gasteiger partial charge on any atom is 0.224 e. The molecule has 1 aromatic carbocycles. The Hall–Kier alpha value is -1.84. The van der Waals surface area contributed by atoms with E-state index in [-0.39, 0.29) is 6.10 Å². The molecule has 0 spiro atoms. The van der Waals surface area contributed by atoms with E-state index >= 15 is 0 Å². The fraction of sp³-hybridized carbons (Fsp3) is 0.500. The van der Waals surface area contributed by atoms with Crippen LogP contribution in [0.25, 0.3) is 10.9 Å². The number of ether oxygens (including phenoxy) is 1. The van der Waals surface area contributed by atoms with Gasteiger partial charge in [0.25, 0.3) is 0 Å². The lowest BCUT2D eigenvalue weighted by Crippen LogP contribution is -2.28. The molecule has 1 fully saturated rings. The summed E-state index contributed by atoms with van der Waals surface area (Å²) in [5, 5.41) is 0.938. The molecule has 1 heterocycles. The van der Waals surface area contributed by atoms with Crippen LogP contribution >= 0.6 is 0 Å². The SMILES string of the molecule is CC1CC(C)CC(Oc2ncnc3cc(N)ccc23)C1. The van der Waals surface area contributed by atoms with Crippen LogP contribution in [0, 0.1) is 11.8 Å². The molecule has 2 atom stereocenters. The maximum atomic E-state index is 6.16. The van der Waals surface area contributed by atoms with Crippen molar-refractivity contribution in [3.63, 3.8) is 0 Å². The summed E-state index contributed by atoms with van der Waals surface area (Å²) in [5.41, 5.74) is 7.34. The van der Waals surface area contributed by atoms with Crippen molar-refractivity contribution in [2.24, 2.45) is 11.8 Å². The smallest absolute Gasteiger partial charge is 0.224 e. The average molecular weight is 271 g/mol. The van der Waals surface area contributed by atoms with Gasteiger partial charge in [0.15, 0.2) is 0 Å². The summed E-state index contributed by atoms with van der Waals surface area (Å²) in [5.74, 6) is 2.11. The van der Waals surface area contributed by atoms with Crippen LogP contribution in [0.1, 0.15) is 33.1 Å². The standard InChI is InChI=1S/C16H21N3O/c1-10-5-11(2)7-13(6-10)20-16-14-4-3-12(17)8-15(14)18-9-19-16/h3-4,8-11,13H,5-7,17H2,1-2H3. The first-order chi connectivity index (χ1) is 9.61. The number of fused-ring (bicyclic) bond motifs is 1. The van der Waals surface area contributed by atoms with Gasteiger partial charge in [0.1, 0.15) is 12.4 Å². The van der Waals surface area contributed by atoms with E-state index in [0.29, 0.717) is 23.4 Å². The third-order valence-corrected chi connectivity index (χ3v) is 4.04. The molecule has 106 valence electrons. The van der Waals surface area contributed by atoms with Gasteiger partial charge in [-0.3, -0.25) is 0 Å². The van der Waals surface area contributed by atoms with Gasteiger partial charge in [-0.1, -0.05) is 13.8 Å². The van der Waals surface area contributed by atoms with Crippen molar-refractivity contribution >= 4 is 16.6 Å². The number of nitrogen functional groups attached to an aromatic ring is 1. The predicted octanol–water partition coefficient (Wildman–Crippen LogP) is 3.42. The molecule has 20 heavy (non-hydrogen) atoms. The molecule has 2 N–H and O–H groups in total. The third-order valence-electron chi connectivity index (χ3n) is 4.04. The minimum Gasteiger partial charge on any atom is -0.474 e. The summed E-state index contributed by atoms with van der Waals surface area (Å²) in [6.07, 6.45) is 5.30. The Morgan fingerprint density at radius 2 is 1.85 bits per heavy atom. The second-order valence-corrected chi connectivity index (χ2v) is 6.11. The van der Waals surface area contributed by atoms with Crippen LogP contribution < -0.4 is 10.5 Å². The number of hydrogen-bond acceptors (Lipinski definition) is 4. The first-order valence-corrected chi connectivity index (χ1v) is 7.28. The molecule has 0 bridgehead atoms. The van der Waals surface area contributed by atoms with Crippen molar-refractivity contribution in [3.05, 3.63) is 24.5 Å². The fourth-order valence-corrected chi connectivity index (χ4v) is 3.27. The molecule has 1 aromatic heterocycles. The van der Waals surface area contributed by atoms with Crippen LogP contribution in [0.3, 0.4) is 0 Å². The molecule has 4 nitrogen and oxygen atoms in total. The average Bonchev–Trinajstić information content (AvgIpc) is 2.37. The Morgan fingerprint density at radius 3 is 2.60 bits per heavy atom. The first-order valence-electron chi connectivity index (χ1n) is 7.28. The normalized spacial score (nSPS) is 26.6. The first kappa shape index (κ1) is 13.2. The molecule has 1 aliphatic rings. The van der Waals surface area contributed by atoms with Crippen molar-refractivity contribution in [2.45, 2.75) is 39.2 Å². The highest BCUT2D eigenvalue weighted by atomic mass is 16.5. The zero-order chi connectivity index (χ0) is 14.1. The van der Waals surface area contributed by atoms with Crippen molar-refractivity contribution in [2.75, 3.05) is 5.73 Å². The van der Waals surface area contributed by atoms with Crippen LogP contribution in [0.5, 0.6) is 5.88 Å². The number of rotatable bonds is 2. The zero-order valence-electron chi connectivity index (χ0n) is 12.0. The van der Waals surface area contributed by atoms with E-state index < -0.39 is 0 Å². The molecule has 0 saturated heterocycles. The molecular weight excluding hydrogens is 250 g/mol. The van der Waals surface area contributed by atoms with Gasteiger partial charge in [0.2, 0.25) is 5.88 Å². The second-order valence-electron chi connectivity index (χ2n) is 6.11. The minimum atomic E-state index is 0.254. The van der Waals surface area contributed by atoms with Gasteiger partial charge >= 0.3 is 0 Å². The largest absolute Gasteiger partial charge is 0.474 e. The summed E-state index contributed by atoms with van der Waals surface area (Å²) in [4.78, 5) is 8.56. The monoisotopic (exact) mass is 271 g/mol. The minimum absolute atomic E-state index is 0.254. The van der Waals surface area contributed by atoms with Crippen LogP contribution in [-0.2, 0) is 0 Å². The molecule has 1 aliphatic carbocycles. The number of benzene rings is 1. The molecule has 2 aromatic rings. The number of anilines is 1. The van der Waals surface area contributed by atoms with Gasteiger partial charge in [-0.05, 0) is 49.3 Å². The molecule has 3 rings (SSSR count). The second kappa shape index (κ2) is 5.27. The summed E-state index contributed by atoms with van der Waals surface area (Å²) < 4.78 is 6.16. The third kappa shape index (κ3) is 2.69. The quantitative estimate of drug-likeness (QED) is 0.850. The number of nitrogens with zero attached hydrogens (tertiary/aromatic N) is 2. The van der Waals surface area contributed by atoms with E-state index in [9.17, 15) is 0 Å². The van der Waals surface area contributed by atoms with Crippen molar-refractivity contribution in [3.8, 4) is 5.88 Å². The molecule has 0 aliphatic heterocycles. The molecule has 0 amide bonds.